The van der Waals surface area contributed by atoms with Crippen molar-refractivity contribution in [2.75, 3.05) is 6.54 Å². The highest BCUT2D eigenvalue weighted by atomic mass is 16.3. The van der Waals surface area contributed by atoms with Gasteiger partial charge in [0.2, 0.25) is 0 Å². The fraction of sp³-hybridized carbons (Fsp3) is 0.471. The highest BCUT2D eigenvalue weighted by Gasteiger charge is 2.29. The first-order chi connectivity index (χ1) is 10.2. The molecule has 1 aliphatic carbocycles. The Morgan fingerprint density at radius 3 is 2.57 bits per heavy atom. The summed E-state index contributed by atoms with van der Waals surface area (Å²) >= 11 is 0. The van der Waals surface area contributed by atoms with Gasteiger partial charge in [-0.05, 0) is 24.5 Å². The van der Waals surface area contributed by atoms with Crippen LogP contribution in [-0.4, -0.2) is 21.4 Å². The fourth-order valence-corrected chi connectivity index (χ4v) is 3.18. The van der Waals surface area contributed by atoms with E-state index in [0.29, 0.717) is 12.5 Å². The minimum Gasteiger partial charge on any atom is -0.383 e. The third-order valence-corrected chi connectivity index (χ3v) is 4.48. The van der Waals surface area contributed by atoms with Gasteiger partial charge >= 0.3 is 0 Å². The fourth-order valence-electron chi connectivity index (χ4n) is 3.18. The van der Waals surface area contributed by atoms with Crippen LogP contribution >= 0.6 is 0 Å². The summed E-state index contributed by atoms with van der Waals surface area (Å²) in [6, 6.07) is 12.2. The third kappa shape index (κ3) is 3.01. The van der Waals surface area contributed by atoms with E-state index < -0.39 is 5.60 Å². The number of aromatic nitrogens is 2. The SMILES string of the molecule is NCC(O)(Cc1ccn(C2CCCC2)n1)c1ccccc1. The van der Waals surface area contributed by atoms with Gasteiger partial charge in [-0.3, -0.25) is 4.68 Å². The zero-order valence-corrected chi connectivity index (χ0v) is 12.3. The van der Waals surface area contributed by atoms with Crippen molar-refractivity contribution in [3.8, 4) is 0 Å². The lowest BCUT2D eigenvalue weighted by atomic mass is 9.89. The van der Waals surface area contributed by atoms with Gasteiger partial charge in [-0.15, -0.1) is 0 Å². The van der Waals surface area contributed by atoms with E-state index in [1.807, 2.05) is 42.6 Å². The van der Waals surface area contributed by atoms with E-state index in [-0.39, 0.29) is 6.54 Å². The molecule has 0 bridgehead atoms. The number of aliphatic hydroxyl groups is 1. The molecule has 1 unspecified atom stereocenters. The van der Waals surface area contributed by atoms with Crippen LogP contribution < -0.4 is 5.73 Å². The van der Waals surface area contributed by atoms with Crippen LogP contribution in [0.4, 0.5) is 0 Å². The van der Waals surface area contributed by atoms with Crippen LogP contribution in [0.15, 0.2) is 42.6 Å². The maximum absolute atomic E-state index is 10.8. The molecule has 3 N–H and O–H groups in total. The van der Waals surface area contributed by atoms with Crippen LogP contribution in [0.3, 0.4) is 0 Å². The lowest BCUT2D eigenvalue weighted by Gasteiger charge is -2.26. The highest BCUT2D eigenvalue weighted by Crippen LogP contribution is 2.30. The topological polar surface area (TPSA) is 64.1 Å². The molecular formula is C17H23N3O. The van der Waals surface area contributed by atoms with Gasteiger partial charge in [0, 0.05) is 19.2 Å². The Labute approximate surface area is 125 Å². The summed E-state index contributed by atoms with van der Waals surface area (Å²) in [6.07, 6.45) is 7.48. The van der Waals surface area contributed by atoms with Crippen molar-refractivity contribution in [2.45, 2.75) is 43.7 Å². The van der Waals surface area contributed by atoms with Crippen LogP contribution in [0.1, 0.15) is 43.0 Å². The van der Waals surface area contributed by atoms with Crippen molar-refractivity contribution in [1.29, 1.82) is 0 Å². The average Bonchev–Trinajstić information content (AvgIpc) is 3.19. The van der Waals surface area contributed by atoms with Crippen molar-refractivity contribution in [3.05, 3.63) is 53.9 Å². The summed E-state index contributed by atoms with van der Waals surface area (Å²) in [4.78, 5) is 0. The highest BCUT2D eigenvalue weighted by molar-refractivity contribution is 5.25. The van der Waals surface area contributed by atoms with Gasteiger partial charge in [-0.2, -0.15) is 5.10 Å². The molecule has 1 aliphatic rings. The number of hydrogen-bond donors (Lipinski definition) is 2. The summed E-state index contributed by atoms with van der Waals surface area (Å²) in [6.45, 7) is 0.188. The van der Waals surface area contributed by atoms with Gasteiger partial charge in [-0.25, -0.2) is 0 Å². The molecule has 1 aromatic carbocycles. The van der Waals surface area contributed by atoms with E-state index in [4.69, 9.17) is 5.73 Å². The average molecular weight is 285 g/mol. The smallest absolute Gasteiger partial charge is 0.107 e. The Bertz CT molecular complexity index is 575. The van der Waals surface area contributed by atoms with Crippen molar-refractivity contribution in [1.82, 2.24) is 9.78 Å². The minimum absolute atomic E-state index is 0.188. The van der Waals surface area contributed by atoms with Crippen molar-refractivity contribution in [2.24, 2.45) is 5.73 Å². The Morgan fingerprint density at radius 1 is 1.19 bits per heavy atom. The van der Waals surface area contributed by atoms with Gasteiger partial charge in [0.15, 0.2) is 0 Å². The summed E-state index contributed by atoms with van der Waals surface area (Å²) in [5.74, 6) is 0. The van der Waals surface area contributed by atoms with Gasteiger partial charge in [0.05, 0.1) is 11.7 Å². The quantitative estimate of drug-likeness (QED) is 0.886. The summed E-state index contributed by atoms with van der Waals surface area (Å²) in [5, 5.41) is 15.5. The number of rotatable bonds is 5. The van der Waals surface area contributed by atoms with E-state index in [1.165, 1.54) is 25.7 Å². The maximum Gasteiger partial charge on any atom is 0.107 e. The molecule has 4 nitrogen and oxygen atoms in total. The third-order valence-electron chi connectivity index (χ3n) is 4.48. The normalized spacial score (nSPS) is 18.8. The van der Waals surface area contributed by atoms with Crippen molar-refractivity contribution in [3.63, 3.8) is 0 Å². The molecule has 0 saturated heterocycles. The summed E-state index contributed by atoms with van der Waals surface area (Å²) in [5.41, 5.74) is 6.54. The Hall–Kier alpha value is -1.65. The van der Waals surface area contributed by atoms with E-state index >= 15 is 0 Å². The lowest BCUT2D eigenvalue weighted by Crippen LogP contribution is -2.37. The number of nitrogens with zero attached hydrogens (tertiary/aromatic N) is 2. The molecule has 0 amide bonds. The van der Waals surface area contributed by atoms with E-state index in [1.54, 1.807) is 0 Å². The first-order valence-corrected chi connectivity index (χ1v) is 7.73. The Balaban J connectivity index is 1.78. The van der Waals surface area contributed by atoms with Gasteiger partial charge in [-0.1, -0.05) is 43.2 Å². The summed E-state index contributed by atoms with van der Waals surface area (Å²) in [7, 11) is 0. The molecule has 3 rings (SSSR count). The molecule has 1 aromatic heterocycles. The molecule has 0 radical (unpaired) electrons. The van der Waals surface area contributed by atoms with Gasteiger partial charge < -0.3 is 10.8 Å². The molecule has 0 spiro atoms. The first kappa shape index (κ1) is 14.3. The largest absolute Gasteiger partial charge is 0.383 e. The Kier molecular flexibility index (Phi) is 4.08. The Morgan fingerprint density at radius 2 is 1.90 bits per heavy atom. The second kappa shape index (κ2) is 6.00. The first-order valence-electron chi connectivity index (χ1n) is 7.73. The van der Waals surface area contributed by atoms with Crippen LogP contribution in [0.2, 0.25) is 0 Å². The molecular weight excluding hydrogens is 262 g/mol. The molecule has 1 heterocycles. The molecule has 0 aliphatic heterocycles. The number of benzene rings is 1. The molecule has 4 heteroatoms. The lowest BCUT2D eigenvalue weighted by molar-refractivity contribution is 0.0451. The minimum atomic E-state index is -1.05. The monoisotopic (exact) mass is 285 g/mol. The van der Waals surface area contributed by atoms with Crippen LogP contribution in [-0.2, 0) is 12.0 Å². The molecule has 112 valence electrons. The maximum atomic E-state index is 10.8. The molecule has 2 aromatic rings. The predicted molar refractivity (Wildman–Crippen MR) is 82.8 cm³/mol. The number of nitrogens with two attached hydrogens (primary N) is 1. The zero-order chi connectivity index (χ0) is 14.7. The predicted octanol–water partition coefficient (Wildman–Crippen LogP) is 2.39. The van der Waals surface area contributed by atoms with E-state index in [2.05, 4.69) is 9.78 Å². The van der Waals surface area contributed by atoms with Crippen molar-refractivity contribution < 1.29 is 5.11 Å². The van der Waals surface area contributed by atoms with Crippen LogP contribution in [0, 0.1) is 0 Å². The molecule has 1 saturated carbocycles. The molecule has 21 heavy (non-hydrogen) atoms. The van der Waals surface area contributed by atoms with E-state index in [0.717, 1.165) is 11.3 Å². The number of hydrogen-bond acceptors (Lipinski definition) is 3. The second-order valence-electron chi connectivity index (χ2n) is 6.00. The van der Waals surface area contributed by atoms with Crippen molar-refractivity contribution >= 4 is 0 Å². The molecule has 1 fully saturated rings. The summed E-state index contributed by atoms with van der Waals surface area (Å²) < 4.78 is 2.06. The molecule has 1 atom stereocenters. The standard InChI is InChI=1S/C17H23N3O/c18-13-17(21,14-6-2-1-3-7-14)12-15-10-11-20(19-15)16-8-4-5-9-16/h1-3,6-7,10-11,16,21H,4-5,8-9,12-13,18H2. The zero-order valence-electron chi connectivity index (χ0n) is 12.3. The van der Waals surface area contributed by atoms with Gasteiger partial charge in [0.25, 0.3) is 0 Å². The van der Waals surface area contributed by atoms with Crippen LogP contribution in [0.5, 0.6) is 0 Å². The van der Waals surface area contributed by atoms with Gasteiger partial charge in [0.1, 0.15) is 5.60 Å². The van der Waals surface area contributed by atoms with Crippen LogP contribution in [0.25, 0.3) is 0 Å². The van der Waals surface area contributed by atoms with E-state index in [9.17, 15) is 5.11 Å². The second-order valence-corrected chi connectivity index (χ2v) is 6.00.